The quantitative estimate of drug-likeness (QED) is 0.480. The van der Waals surface area contributed by atoms with Gasteiger partial charge in [-0.15, -0.1) is 0 Å². The molecule has 40 valence electrons. The molecule has 0 spiro atoms. The van der Waals surface area contributed by atoms with E-state index >= 15 is 0 Å². The fraction of sp³-hybridized carbons (Fsp3) is 0.750. The second-order valence-corrected chi connectivity index (χ2v) is 1.60. The number of ether oxygens (including phenoxy) is 1. The lowest BCUT2D eigenvalue weighted by Crippen LogP contribution is -2.02. The summed E-state index contributed by atoms with van der Waals surface area (Å²) in [5.41, 5.74) is 0. The van der Waals surface area contributed by atoms with Crippen LogP contribution >= 0.6 is 0 Å². The van der Waals surface area contributed by atoms with Gasteiger partial charge in [0.05, 0.1) is 0 Å². The maximum absolute atomic E-state index is 12.0. The zero-order chi connectivity index (χ0) is 5.33. The van der Waals surface area contributed by atoms with Gasteiger partial charge in [-0.25, -0.2) is 0 Å². The minimum atomic E-state index is -1.57. The smallest absolute Gasteiger partial charge is 0.295 e. The van der Waals surface area contributed by atoms with Gasteiger partial charge >= 0.3 is 0 Å². The second kappa shape index (κ2) is 1.18. The highest BCUT2D eigenvalue weighted by Crippen LogP contribution is 2.39. The van der Waals surface area contributed by atoms with Crippen LogP contribution < -0.4 is 0 Å². The lowest BCUT2D eigenvalue weighted by atomic mass is 10.8. The summed E-state index contributed by atoms with van der Waals surface area (Å²) in [5, 5.41) is 0. The first-order valence-electron chi connectivity index (χ1n) is 2.07. The summed E-state index contributed by atoms with van der Waals surface area (Å²) >= 11 is 0. The molecule has 1 fully saturated rings. The molecule has 0 unspecified atom stereocenters. The molecule has 0 saturated heterocycles. The Bertz CT molecular complexity index is 87.7. The first-order valence-corrected chi connectivity index (χ1v) is 2.07. The van der Waals surface area contributed by atoms with Crippen LogP contribution in [0.25, 0.3) is 0 Å². The van der Waals surface area contributed by atoms with Gasteiger partial charge in [-0.1, -0.05) is 0 Å². The third-order valence-corrected chi connectivity index (χ3v) is 0.902. The third-order valence-electron chi connectivity index (χ3n) is 0.902. The van der Waals surface area contributed by atoms with Crippen molar-refractivity contribution in [3.8, 4) is 0 Å². The van der Waals surface area contributed by atoms with Gasteiger partial charge in [0, 0.05) is 12.8 Å². The van der Waals surface area contributed by atoms with Crippen molar-refractivity contribution in [2.75, 3.05) is 0 Å². The summed E-state index contributed by atoms with van der Waals surface area (Å²) in [7, 11) is 0. The molecule has 0 amide bonds. The molecule has 0 aromatic rings. The van der Waals surface area contributed by atoms with Crippen molar-refractivity contribution >= 4 is 6.47 Å². The fourth-order valence-corrected chi connectivity index (χ4v) is 0.302. The van der Waals surface area contributed by atoms with Gasteiger partial charge in [-0.05, 0) is 0 Å². The number of hydrogen-bond acceptors (Lipinski definition) is 2. The van der Waals surface area contributed by atoms with Crippen LogP contribution in [0.5, 0.6) is 0 Å². The maximum Gasteiger partial charge on any atom is 0.295 e. The van der Waals surface area contributed by atoms with Crippen molar-refractivity contribution in [3.63, 3.8) is 0 Å². The SMILES string of the molecule is O=COC1(F)CC1. The van der Waals surface area contributed by atoms with E-state index in [2.05, 4.69) is 4.74 Å². The third kappa shape index (κ3) is 0.885. The molecule has 0 heterocycles. The lowest BCUT2D eigenvalue weighted by Gasteiger charge is -1.96. The van der Waals surface area contributed by atoms with Gasteiger partial charge in [0.15, 0.2) is 0 Å². The summed E-state index contributed by atoms with van der Waals surface area (Å²) in [4.78, 5) is 9.40. The Kier molecular flexibility index (Phi) is 0.770. The molecule has 7 heavy (non-hydrogen) atoms. The Morgan fingerprint density at radius 3 is 2.43 bits per heavy atom. The Balaban J connectivity index is 2.25. The largest absolute Gasteiger partial charge is 0.431 e. The highest BCUT2D eigenvalue weighted by molar-refractivity contribution is 5.38. The zero-order valence-electron chi connectivity index (χ0n) is 3.69. The number of rotatable bonds is 2. The number of hydrogen-bond donors (Lipinski definition) is 0. The molecule has 0 bridgehead atoms. The van der Waals surface area contributed by atoms with Gasteiger partial charge in [0.2, 0.25) is 0 Å². The van der Waals surface area contributed by atoms with E-state index in [1.54, 1.807) is 0 Å². The molecule has 1 aliphatic carbocycles. The molecule has 0 atom stereocenters. The average Bonchev–Trinajstić information content (AvgIpc) is 2.22. The van der Waals surface area contributed by atoms with Crippen molar-refractivity contribution in [2.45, 2.75) is 18.7 Å². The Labute approximate surface area is 40.3 Å². The fourth-order valence-electron chi connectivity index (χ4n) is 0.302. The van der Waals surface area contributed by atoms with Crippen molar-refractivity contribution in [2.24, 2.45) is 0 Å². The molecule has 0 aromatic carbocycles. The van der Waals surface area contributed by atoms with Crippen molar-refractivity contribution < 1.29 is 13.9 Å². The number of alkyl halides is 1. The van der Waals surface area contributed by atoms with Crippen LogP contribution in [-0.4, -0.2) is 12.3 Å². The van der Waals surface area contributed by atoms with Crippen LogP contribution in [0.2, 0.25) is 0 Å². The van der Waals surface area contributed by atoms with Crippen molar-refractivity contribution in [1.82, 2.24) is 0 Å². The Morgan fingerprint density at radius 1 is 1.71 bits per heavy atom. The Morgan fingerprint density at radius 2 is 2.29 bits per heavy atom. The number of carbonyl (C=O) groups is 1. The summed E-state index contributed by atoms with van der Waals surface area (Å²) in [6.45, 7) is 0.146. The molecular weight excluding hydrogens is 99.0 g/mol. The van der Waals surface area contributed by atoms with Crippen LogP contribution in [0.15, 0.2) is 0 Å². The van der Waals surface area contributed by atoms with Gasteiger partial charge in [0.1, 0.15) is 0 Å². The highest BCUT2D eigenvalue weighted by atomic mass is 19.2. The predicted octanol–water partition coefficient (Wildman–Crippen LogP) is 0.619. The van der Waals surface area contributed by atoms with E-state index in [-0.39, 0.29) is 6.47 Å². The van der Waals surface area contributed by atoms with E-state index in [0.29, 0.717) is 12.8 Å². The maximum atomic E-state index is 12.0. The Hall–Kier alpha value is -0.600. The zero-order valence-corrected chi connectivity index (χ0v) is 3.69. The molecule has 0 aromatic heterocycles. The topological polar surface area (TPSA) is 26.3 Å². The minimum Gasteiger partial charge on any atom is -0.431 e. The molecule has 1 saturated carbocycles. The van der Waals surface area contributed by atoms with E-state index in [1.807, 2.05) is 0 Å². The van der Waals surface area contributed by atoms with Gasteiger partial charge in [0.25, 0.3) is 12.3 Å². The van der Waals surface area contributed by atoms with Crippen molar-refractivity contribution in [1.29, 1.82) is 0 Å². The summed E-state index contributed by atoms with van der Waals surface area (Å²) in [6, 6.07) is 0. The molecule has 1 aliphatic rings. The molecular formula is C4H5FO2. The van der Waals surface area contributed by atoms with Crippen LogP contribution in [0.4, 0.5) is 4.39 Å². The van der Waals surface area contributed by atoms with Gasteiger partial charge < -0.3 is 4.74 Å². The van der Waals surface area contributed by atoms with Crippen LogP contribution in [0.1, 0.15) is 12.8 Å². The van der Waals surface area contributed by atoms with Crippen LogP contribution in [0, 0.1) is 0 Å². The highest BCUT2D eigenvalue weighted by Gasteiger charge is 2.45. The normalized spacial score (nSPS) is 23.6. The molecule has 2 nitrogen and oxygen atoms in total. The van der Waals surface area contributed by atoms with Crippen molar-refractivity contribution in [3.05, 3.63) is 0 Å². The van der Waals surface area contributed by atoms with E-state index in [1.165, 1.54) is 0 Å². The summed E-state index contributed by atoms with van der Waals surface area (Å²) in [6.07, 6.45) is 0.734. The molecule has 0 aliphatic heterocycles. The van der Waals surface area contributed by atoms with Gasteiger partial charge in [-0.2, -0.15) is 4.39 Å². The minimum absolute atomic E-state index is 0.146. The first-order chi connectivity index (χ1) is 3.27. The molecule has 0 N–H and O–H groups in total. The lowest BCUT2D eigenvalue weighted by molar-refractivity contribution is -0.145. The average molecular weight is 104 g/mol. The first kappa shape index (κ1) is 4.56. The van der Waals surface area contributed by atoms with Crippen LogP contribution in [0.3, 0.4) is 0 Å². The monoisotopic (exact) mass is 104 g/mol. The summed E-state index contributed by atoms with van der Waals surface area (Å²) in [5.74, 6) is -1.57. The van der Waals surface area contributed by atoms with E-state index in [0.717, 1.165) is 0 Å². The molecule has 1 rings (SSSR count). The summed E-state index contributed by atoms with van der Waals surface area (Å²) < 4.78 is 16.0. The number of carbonyl (C=O) groups excluding carboxylic acids is 1. The standard InChI is InChI=1S/C4H5FO2/c5-4(1-2-4)7-3-6/h3H,1-2H2. The van der Waals surface area contributed by atoms with Gasteiger partial charge in [-0.3, -0.25) is 4.79 Å². The second-order valence-electron chi connectivity index (χ2n) is 1.60. The van der Waals surface area contributed by atoms with E-state index in [9.17, 15) is 9.18 Å². The van der Waals surface area contributed by atoms with E-state index in [4.69, 9.17) is 0 Å². The molecule has 3 heteroatoms. The van der Waals surface area contributed by atoms with Crippen LogP contribution in [-0.2, 0) is 9.53 Å². The predicted molar refractivity (Wildman–Crippen MR) is 20.2 cm³/mol. The van der Waals surface area contributed by atoms with E-state index < -0.39 is 5.85 Å². The molecule has 0 radical (unpaired) electrons. The number of halogens is 1.